The van der Waals surface area contributed by atoms with E-state index in [2.05, 4.69) is 22.6 Å². The largest absolute Gasteiger partial charge is 0.320 e. The fourth-order valence-corrected chi connectivity index (χ4v) is 2.74. The van der Waals surface area contributed by atoms with E-state index in [0.29, 0.717) is 22.1 Å². The van der Waals surface area contributed by atoms with Crippen LogP contribution in [0.15, 0.2) is 42.5 Å². The molecule has 0 saturated carbocycles. The average molecular weight is 355 g/mol. The van der Waals surface area contributed by atoms with Crippen LogP contribution in [0.3, 0.4) is 0 Å². The molecule has 0 bridgehead atoms. The quantitative estimate of drug-likeness (QED) is 0.757. The predicted octanol–water partition coefficient (Wildman–Crippen LogP) is 4.35. The van der Waals surface area contributed by atoms with Crippen molar-refractivity contribution in [3.8, 4) is 5.69 Å². The summed E-state index contributed by atoms with van der Waals surface area (Å²) < 4.78 is 1.67. The van der Waals surface area contributed by atoms with Crippen LogP contribution in [0.2, 0.25) is 5.02 Å². The van der Waals surface area contributed by atoms with Crippen molar-refractivity contribution >= 4 is 23.2 Å². The van der Waals surface area contributed by atoms with Crippen LogP contribution in [0.4, 0.5) is 5.69 Å². The van der Waals surface area contributed by atoms with Gasteiger partial charge in [-0.2, -0.15) is 0 Å². The Morgan fingerprint density at radius 2 is 1.88 bits per heavy atom. The lowest BCUT2D eigenvalue weighted by atomic mass is 10.1. The summed E-state index contributed by atoms with van der Waals surface area (Å²) in [6.45, 7) is 5.84. The van der Waals surface area contributed by atoms with Gasteiger partial charge in [-0.1, -0.05) is 41.9 Å². The molecule has 1 N–H and O–H groups in total. The van der Waals surface area contributed by atoms with Crippen LogP contribution in [0.5, 0.6) is 0 Å². The maximum absolute atomic E-state index is 12.6. The van der Waals surface area contributed by atoms with Crippen molar-refractivity contribution in [2.24, 2.45) is 0 Å². The van der Waals surface area contributed by atoms with Crippen LogP contribution in [0.1, 0.15) is 34.2 Å². The van der Waals surface area contributed by atoms with E-state index >= 15 is 0 Å². The lowest BCUT2D eigenvalue weighted by molar-refractivity contribution is 0.102. The Labute approximate surface area is 151 Å². The molecule has 3 aromatic rings. The van der Waals surface area contributed by atoms with Gasteiger partial charge >= 0.3 is 0 Å². The van der Waals surface area contributed by atoms with Crippen molar-refractivity contribution in [3.05, 3.63) is 70.0 Å². The van der Waals surface area contributed by atoms with E-state index in [1.807, 2.05) is 44.2 Å². The van der Waals surface area contributed by atoms with Gasteiger partial charge in [-0.25, -0.2) is 4.68 Å². The second-order valence-corrected chi connectivity index (χ2v) is 6.31. The molecule has 0 unspecified atom stereocenters. The lowest BCUT2D eigenvalue weighted by Gasteiger charge is -2.08. The molecule has 1 aromatic heterocycles. The van der Waals surface area contributed by atoms with Gasteiger partial charge in [0.2, 0.25) is 0 Å². The maximum atomic E-state index is 12.6. The monoisotopic (exact) mass is 354 g/mol. The third kappa shape index (κ3) is 3.56. The zero-order valence-electron chi connectivity index (χ0n) is 14.4. The van der Waals surface area contributed by atoms with Crippen LogP contribution < -0.4 is 5.32 Å². The Kier molecular flexibility index (Phi) is 4.86. The van der Waals surface area contributed by atoms with Crippen molar-refractivity contribution in [1.29, 1.82) is 0 Å². The van der Waals surface area contributed by atoms with E-state index in [9.17, 15) is 4.79 Å². The Morgan fingerprint density at radius 3 is 2.56 bits per heavy atom. The van der Waals surface area contributed by atoms with Crippen LogP contribution >= 0.6 is 11.6 Å². The Hall–Kier alpha value is -2.66. The van der Waals surface area contributed by atoms with E-state index < -0.39 is 0 Å². The second kappa shape index (κ2) is 7.07. The minimum absolute atomic E-state index is 0.291. The number of amides is 1. The van der Waals surface area contributed by atoms with Crippen molar-refractivity contribution in [1.82, 2.24) is 15.0 Å². The summed E-state index contributed by atoms with van der Waals surface area (Å²) in [5.74, 6) is -0.306. The number of carbonyl (C=O) groups is 1. The highest BCUT2D eigenvalue weighted by Gasteiger charge is 2.18. The van der Waals surface area contributed by atoms with Gasteiger partial charge in [0.1, 0.15) is 0 Å². The smallest absolute Gasteiger partial charge is 0.278 e. The molecule has 0 fully saturated rings. The number of halogens is 1. The normalized spacial score (nSPS) is 10.7. The molecule has 5 nitrogen and oxygen atoms in total. The molecule has 0 aliphatic rings. The highest BCUT2D eigenvalue weighted by Crippen LogP contribution is 2.21. The SMILES string of the molecule is CCc1ccc(-n2nnc(C(=O)Nc3cc(Cl)ccc3C)c2C)cc1. The van der Waals surface area contributed by atoms with Gasteiger partial charge in [-0.3, -0.25) is 4.79 Å². The standard InChI is InChI=1S/C19H19ClN4O/c1-4-14-6-9-16(10-7-14)24-13(3)18(22-23-24)19(25)21-17-11-15(20)8-5-12(17)2/h5-11H,4H2,1-3H3,(H,21,25). The Morgan fingerprint density at radius 1 is 1.16 bits per heavy atom. The number of rotatable bonds is 4. The van der Waals surface area contributed by atoms with Crippen molar-refractivity contribution < 1.29 is 4.79 Å². The van der Waals surface area contributed by atoms with Crippen molar-refractivity contribution in [3.63, 3.8) is 0 Å². The molecule has 0 spiro atoms. The number of hydrogen-bond donors (Lipinski definition) is 1. The fraction of sp³-hybridized carbons (Fsp3) is 0.211. The first-order valence-electron chi connectivity index (χ1n) is 8.08. The minimum Gasteiger partial charge on any atom is -0.320 e. The lowest BCUT2D eigenvalue weighted by Crippen LogP contribution is -2.15. The molecular formula is C19H19ClN4O. The molecule has 128 valence electrons. The zero-order valence-corrected chi connectivity index (χ0v) is 15.1. The average Bonchev–Trinajstić information content (AvgIpc) is 3.00. The van der Waals surface area contributed by atoms with Gasteiger partial charge in [-0.15, -0.1) is 5.10 Å². The van der Waals surface area contributed by atoms with Crippen molar-refractivity contribution in [2.75, 3.05) is 5.32 Å². The summed E-state index contributed by atoms with van der Waals surface area (Å²) in [5.41, 5.74) is 4.69. The number of nitrogens with one attached hydrogen (secondary N) is 1. The molecule has 6 heteroatoms. The van der Waals surface area contributed by atoms with Gasteiger partial charge < -0.3 is 5.32 Å². The molecule has 2 aromatic carbocycles. The minimum atomic E-state index is -0.306. The second-order valence-electron chi connectivity index (χ2n) is 5.87. The first-order chi connectivity index (χ1) is 12.0. The summed E-state index contributed by atoms with van der Waals surface area (Å²) in [6, 6.07) is 13.4. The van der Waals surface area contributed by atoms with Gasteiger partial charge in [0, 0.05) is 10.7 Å². The number of anilines is 1. The third-order valence-corrected chi connectivity index (χ3v) is 4.38. The van der Waals surface area contributed by atoms with Crippen LogP contribution in [0.25, 0.3) is 5.69 Å². The summed E-state index contributed by atoms with van der Waals surface area (Å²) >= 11 is 6.00. The topological polar surface area (TPSA) is 59.8 Å². The van der Waals surface area contributed by atoms with E-state index in [1.54, 1.807) is 16.8 Å². The molecule has 1 heterocycles. The molecule has 0 aliphatic carbocycles. The van der Waals surface area contributed by atoms with E-state index in [1.165, 1.54) is 5.56 Å². The molecule has 0 saturated heterocycles. The summed E-state index contributed by atoms with van der Waals surface area (Å²) in [4.78, 5) is 12.6. The fourth-order valence-electron chi connectivity index (χ4n) is 2.57. The molecule has 3 rings (SSSR count). The molecule has 0 radical (unpaired) electrons. The molecule has 25 heavy (non-hydrogen) atoms. The molecule has 0 aliphatic heterocycles. The van der Waals surface area contributed by atoms with Crippen LogP contribution in [-0.2, 0) is 6.42 Å². The zero-order chi connectivity index (χ0) is 18.0. The summed E-state index contributed by atoms with van der Waals surface area (Å²) in [7, 11) is 0. The first-order valence-corrected chi connectivity index (χ1v) is 8.46. The van der Waals surface area contributed by atoms with E-state index in [0.717, 1.165) is 17.7 Å². The van der Waals surface area contributed by atoms with Crippen molar-refractivity contribution in [2.45, 2.75) is 27.2 Å². The molecule has 0 atom stereocenters. The number of hydrogen-bond acceptors (Lipinski definition) is 3. The maximum Gasteiger partial charge on any atom is 0.278 e. The summed E-state index contributed by atoms with van der Waals surface area (Å²) in [6.07, 6.45) is 0.975. The number of aryl methyl sites for hydroxylation is 2. The number of carbonyl (C=O) groups excluding carboxylic acids is 1. The number of nitrogens with zero attached hydrogens (tertiary/aromatic N) is 3. The third-order valence-electron chi connectivity index (χ3n) is 4.15. The highest BCUT2D eigenvalue weighted by atomic mass is 35.5. The molecule has 1 amide bonds. The first kappa shape index (κ1) is 17.2. The van der Waals surface area contributed by atoms with Gasteiger partial charge in [0.05, 0.1) is 11.4 Å². The van der Waals surface area contributed by atoms with E-state index in [-0.39, 0.29) is 5.91 Å². The van der Waals surface area contributed by atoms with E-state index in [4.69, 9.17) is 11.6 Å². The highest BCUT2D eigenvalue weighted by molar-refractivity contribution is 6.31. The van der Waals surface area contributed by atoms with Gasteiger partial charge in [0.25, 0.3) is 5.91 Å². The number of benzene rings is 2. The van der Waals surface area contributed by atoms with Gasteiger partial charge in [0.15, 0.2) is 5.69 Å². The molecular weight excluding hydrogens is 336 g/mol. The Bertz CT molecular complexity index is 916. The van der Waals surface area contributed by atoms with Gasteiger partial charge in [-0.05, 0) is 55.7 Å². The van der Waals surface area contributed by atoms with Crippen LogP contribution in [0, 0.1) is 13.8 Å². The predicted molar refractivity (Wildman–Crippen MR) is 99.6 cm³/mol. The Balaban J connectivity index is 1.87. The van der Waals surface area contributed by atoms with Crippen LogP contribution in [-0.4, -0.2) is 20.9 Å². The summed E-state index contributed by atoms with van der Waals surface area (Å²) in [5, 5.41) is 11.6. The number of aromatic nitrogens is 3.